The van der Waals surface area contributed by atoms with Gasteiger partial charge in [-0.05, 0) is 68.5 Å². The summed E-state index contributed by atoms with van der Waals surface area (Å²) in [5, 5.41) is 3.68. The second-order valence-electron chi connectivity index (χ2n) is 8.60. The van der Waals surface area contributed by atoms with Gasteiger partial charge in [0.2, 0.25) is 0 Å². The van der Waals surface area contributed by atoms with Crippen LogP contribution in [0.25, 0.3) is 10.9 Å². The maximum Gasteiger partial charge on any atom is 0.433 e. The number of halogens is 4. The molecule has 1 amide bonds. The van der Waals surface area contributed by atoms with Gasteiger partial charge in [-0.3, -0.25) is 4.79 Å². The molecular formula is C25H25F4N3O. The first kappa shape index (κ1) is 23.0. The van der Waals surface area contributed by atoms with E-state index in [1.54, 1.807) is 31.2 Å². The highest BCUT2D eigenvalue weighted by molar-refractivity contribution is 5.94. The number of aromatic nitrogens is 1. The molecule has 0 atom stereocenters. The summed E-state index contributed by atoms with van der Waals surface area (Å²) in [6.07, 6.45) is -1.67. The first-order valence-electron chi connectivity index (χ1n) is 10.9. The van der Waals surface area contributed by atoms with Gasteiger partial charge in [0.05, 0.1) is 5.52 Å². The minimum atomic E-state index is -4.53. The molecule has 1 heterocycles. The van der Waals surface area contributed by atoms with Gasteiger partial charge in [0.15, 0.2) is 0 Å². The summed E-state index contributed by atoms with van der Waals surface area (Å²) in [6.45, 7) is 1.61. The monoisotopic (exact) mass is 459 g/mol. The number of amides is 1. The van der Waals surface area contributed by atoms with E-state index in [0.29, 0.717) is 40.6 Å². The summed E-state index contributed by atoms with van der Waals surface area (Å²) in [5.74, 6) is -0.600. The van der Waals surface area contributed by atoms with Gasteiger partial charge in [0, 0.05) is 35.8 Å². The van der Waals surface area contributed by atoms with Gasteiger partial charge in [-0.25, -0.2) is 9.37 Å². The van der Waals surface area contributed by atoms with Crippen LogP contribution < -0.4 is 10.2 Å². The maximum absolute atomic E-state index is 13.5. The second-order valence-corrected chi connectivity index (χ2v) is 8.60. The smallest absolute Gasteiger partial charge is 0.371 e. The molecule has 1 N–H and O–H groups in total. The van der Waals surface area contributed by atoms with Gasteiger partial charge >= 0.3 is 6.18 Å². The first-order valence-corrected chi connectivity index (χ1v) is 10.9. The third-order valence-corrected chi connectivity index (χ3v) is 6.36. The summed E-state index contributed by atoms with van der Waals surface area (Å²) in [7, 11) is 1.81. The van der Waals surface area contributed by atoms with Crippen LogP contribution >= 0.6 is 0 Å². The summed E-state index contributed by atoms with van der Waals surface area (Å²) in [6, 6.07) is 12.2. The second kappa shape index (κ2) is 9.00. The highest BCUT2D eigenvalue weighted by Gasteiger charge is 2.34. The lowest BCUT2D eigenvalue weighted by molar-refractivity contribution is -0.140. The number of carbonyl (C=O) groups excluding carboxylic acids is 1. The number of hydrogen-bond acceptors (Lipinski definition) is 3. The van der Waals surface area contributed by atoms with E-state index >= 15 is 0 Å². The van der Waals surface area contributed by atoms with Crippen LogP contribution in [0.3, 0.4) is 0 Å². The van der Waals surface area contributed by atoms with Crippen molar-refractivity contribution in [2.24, 2.45) is 0 Å². The van der Waals surface area contributed by atoms with E-state index in [0.717, 1.165) is 18.9 Å². The number of alkyl halides is 3. The van der Waals surface area contributed by atoms with E-state index in [1.807, 2.05) is 11.9 Å². The van der Waals surface area contributed by atoms with Gasteiger partial charge < -0.3 is 10.2 Å². The molecule has 1 aromatic heterocycles. The number of carbonyl (C=O) groups is 1. The highest BCUT2D eigenvalue weighted by Crippen LogP contribution is 2.36. The van der Waals surface area contributed by atoms with Crippen LogP contribution in [-0.2, 0) is 6.18 Å². The van der Waals surface area contributed by atoms with E-state index in [9.17, 15) is 22.4 Å². The van der Waals surface area contributed by atoms with Crippen molar-refractivity contribution >= 4 is 22.5 Å². The standard InChI is InChI=1S/C25H25F4N3O/c1-15-13-16(7-12-20(15)26)24(33)30-17-8-10-18(11-9-17)32(2)22-14-23(25(27,28)29)31-21-6-4-3-5-19(21)22/h3-7,12-14,17-18H,8-11H2,1-2H3,(H,30,33)/t17-,18+. The molecule has 33 heavy (non-hydrogen) atoms. The van der Waals surface area contributed by atoms with Gasteiger partial charge in [0.1, 0.15) is 11.5 Å². The zero-order valence-corrected chi connectivity index (χ0v) is 18.4. The lowest BCUT2D eigenvalue weighted by Gasteiger charge is -2.37. The quantitative estimate of drug-likeness (QED) is 0.496. The Morgan fingerprint density at radius 2 is 1.76 bits per heavy atom. The molecule has 1 aliphatic carbocycles. The Balaban J connectivity index is 1.46. The molecule has 4 nitrogen and oxygen atoms in total. The third kappa shape index (κ3) is 4.94. The Hall–Kier alpha value is -3.16. The SMILES string of the molecule is Cc1cc(C(=O)N[C@H]2CC[C@@H](N(C)c3cc(C(F)(F)F)nc4ccccc34)CC2)ccc1F. The van der Waals surface area contributed by atoms with Crippen molar-refractivity contribution in [3.05, 3.63) is 71.2 Å². The van der Waals surface area contributed by atoms with Gasteiger partial charge in [0.25, 0.3) is 5.91 Å². The molecule has 8 heteroatoms. The van der Waals surface area contributed by atoms with E-state index < -0.39 is 11.9 Å². The van der Waals surface area contributed by atoms with Crippen molar-refractivity contribution in [2.75, 3.05) is 11.9 Å². The zero-order valence-electron chi connectivity index (χ0n) is 18.4. The van der Waals surface area contributed by atoms with Crippen molar-refractivity contribution in [1.82, 2.24) is 10.3 Å². The minimum absolute atomic E-state index is 0.0348. The molecule has 0 spiro atoms. The average Bonchev–Trinajstić information content (AvgIpc) is 2.79. The predicted octanol–water partition coefficient (Wildman–Crippen LogP) is 5.88. The highest BCUT2D eigenvalue weighted by atomic mass is 19.4. The number of nitrogens with one attached hydrogen (secondary N) is 1. The Kier molecular flexibility index (Phi) is 6.28. The fourth-order valence-corrected chi connectivity index (χ4v) is 4.45. The number of anilines is 1. The fraction of sp³-hybridized carbons (Fsp3) is 0.360. The van der Waals surface area contributed by atoms with Gasteiger partial charge in [-0.15, -0.1) is 0 Å². The van der Waals surface area contributed by atoms with E-state index in [2.05, 4.69) is 10.3 Å². The minimum Gasteiger partial charge on any atom is -0.371 e. The summed E-state index contributed by atoms with van der Waals surface area (Å²) < 4.78 is 53.7. The van der Waals surface area contributed by atoms with Crippen molar-refractivity contribution in [3.63, 3.8) is 0 Å². The number of benzene rings is 2. The molecule has 1 fully saturated rings. The largest absolute Gasteiger partial charge is 0.433 e. The van der Waals surface area contributed by atoms with Crippen LogP contribution in [0.1, 0.15) is 47.3 Å². The Bertz CT molecular complexity index is 1170. The topological polar surface area (TPSA) is 45.2 Å². The molecule has 0 saturated heterocycles. The predicted molar refractivity (Wildman–Crippen MR) is 120 cm³/mol. The van der Waals surface area contributed by atoms with E-state index in [1.165, 1.54) is 18.2 Å². The lowest BCUT2D eigenvalue weighted by Crippen LogP contribution is -2.43. The van der Waals surface area contributed by atoms with Crippen molar-refractivity contribution < 1.29 is 22.4 Å². The number of nitrogens with zero attached hydrogens (tertiary/aromatic N) is 2. The Morgan fingerprint density at radius 1 is 1.06 bits per heavy atom. The maximum atomic E-state index is 13.5. The number of hydrogen-bond donors (Lipinski definition) is 1. The molecule has 4 rings (SSSR count). The first-order chi connectivity index (χ1) is 15.6. The molecule has 1 saturated carbocycles. The lowest BCUT2D eigenvalue weighted by atomic mass is 9.89. The summed E-state index contributed by atoms with van der Waals surface area (Å²) >= 11 is 0. The van der Waals surface area contributed by atoms with Crippen LogP contribution in [0.15, 0.2) is 48.5 Å². The van der Waals surface area contributed by atoms with Crippen LogP contribution in [0.2, 0.25) is 0 Å². The normalized spacial score (nSPS) is 18.8. The average molecular weight is 459 g/mol. The molecule has 0 radical (unpaired) electrons. The van der Waals surface area contributed by atoms with Crippen molar-refractivity contribution in [1.29, 1.82) is 0 Å². The molecule has 0 bridgehead atoms. The molecule has 0 unspecified atom stereocenters. The molecular weight excluding hydrogens is 434 g/mol. The van der Waals surface area contributed by atoms with Gasteiger partial charge in [-0.1, -0.05) is 18.2 Å². The Morgan fingerprint density at radius 3 is 2.42 bits per heavy atom. The number of aryl methyl sites for hydroxylation is 1. The molecule has 2 aromatic carbocycles. The third-order valence-electron chi connectivity index (χ3n) is 6.36. The van der Waals surface area contributed by atoms with Crippen molar-refractivity contribution in [2.45, 2.75) is 50.9 Å². The number of para-hydroxylation sites is 1. The number of rotatable bonds is 4. The number of fused-ring (bicyclic) bond motifs is 1. The Labute approximate surface area is 189 Å². The molecule has 0 aliphatic heterocycles. The van der Waals surface area contributed by atoms with Crippen molar-refractivity contribution in [3.8, 4) is 0 Å². The van der Waals surface area contributed by atoms with Crippen LogP contribution in [-0.4, -0.2) is 30.0 Å². The summed E-state index contributed by atoms with van der Waals surface area (Å²) in [5.41, 5.74) is 0.734. The fourth-order valence-electron chi connectivity index (χ4n) is 4.45. The zero-order chi connectivity index (χ0) is 23.8. The molecule has 3 aromatic rings. The molecule has 1 aliphatic rings. The van der Waals surface area contributed by atoms with Crippen LogP contribution in [0.5, 0.6) is 0 Å². The van der Waals surface area contributed by atoms with E-state index in [4.69, 9.17) is 0 Å². The van der Waals surface area contributed by atoms with Gasteiger partial charge in [-0.2, -0.15) is 13.2 Å². The summed E-state index contributed by atoms with van der Waals surface area (Å²) in [4.78, 5) is 18.2. The van der Waals surface area contributed by atoms with E-state index in [-0.39, 0.29) is 23.8 Å². The van der Waals surface area contributed by atoms with Crippen LogP contribution in [0, 0.1) is 12.7 Å². The molecule has 174 valence electrons. The number of pyridine rings is 1. The van der Waals surface area contributed by atoms with Crippen LogP contribution in [0.4, 0.5) is 23.2 Å².